The van der Waals surface area contributed by atoms with Crippen molar-refractivity contribution in [1.29, 1.82) is 0 Å². The van der Waals surface area contributed by atoms with E-state index in [1.807, 2.05) is 0 Å². The van der Waals surface area contributed by atoms with Crippen LogP contribution in [0.4, 0.5) is 13.2 Å². The summed E-state index contributed by atoms with van der Waals surface area (Å²) >= 11 is 0. The van der Waals surface area contributed by atoms with Crippen LogP contribution in [0.15, 0.2) is 12.4 Å². The average Bonchev–Trinajstić information content (AvgIpc) is 2.49. The number of ketones is 1. The van der Waals surface area contributed by atoms with Crippen LogP contribution in [0.5, 0.6) is 0 Å². The van der Waals surface area contributed by atoms with Crippen LogP contribution in [-0.2, 0) is 11.8 Å². The van der Waals surface area contributed by atoms with Crippen molar-refractivity contribution in [3.63, 3.8) is 0 Å². The topological polar surface area (TPSA) is 44.1 Å². The van der Waals surface area contributed by atoms with Gasteiger partial charge in [0.25, 0.3) is 0 Å². The highest BCUT2D eigenvalue weighted by atomic mass is 19.4. The summed E-state index contributed by atoms with van der Waals surface area (Å²) in [4.78, 5) is 11.2. The molecule has 84 valence electrons. The highest BCUT2D eigenvalue weighted by Gasteiger charge is 2.27. The lowest BCUT2D eigenvalue weighted by atomic mass is 10.2. The largest absolute Gasteiger partial charge is 0.411 e. The van der Waals surface area contributed by atoms with Crippen molar-refractivity contribution in [2.24, 2.45) is 7.05 Å². The summed E-state index contributed by atoms with van der Waals surface area (Å²) in [5, 5.41) is 3.71. The molecule has 4 nitrogen and oxygen atoms in total. The number of hydrogen-bond donors (Lipinski definition) is 0. The van der Waals surface area contributed by atoms with Crippen molar-refractivity contribution < 1.29 is 22.7 Å². The molecule has 0 fully saturated rings. The summed E-state index contributed by atoms with van der Waals surface area (Å²) in [7, 11) is 1.60. The molecular weight excluding hydrogens is 213 g/mol. The van der Waals surface area contributed by atoms with Gasteiger partial charge in [-0.15, -0.1) is 0 Å². The summed E-state index contributed by atoms with van der Waals surface area (Å²) in [5.41, 5.74) is 0.236. The first-order chi connectivity index (χ1) is 6.88. The van der Waals surface area contributed by atoms with E-state index in [1.54, 1.807) is 7.05 Å². The van der Waals surface area contributed by atoms with Crippen LogP contribution >= 0.6 is 0 Å². The second kappa shape index (κ2) is 4.43. The lowest BCUT2D eigenvalue weighted by molar-refractivity contribution is -0.170. The molecule has 15 heavy (non-hydrogen) atoms. The van der Waals surface area contributed by atoms with E-state index in [4.69, 9.17) is 0 Å². The molecule has 0 radical (unpaired) electrons. The zero-order chi connectivity index (χ0) is 11.5. The number of ether oxygens (including phenoxy) is 1. The minimum atomic E-state index is -4.41. The van der Waals surface area contributed by atoms with E-state index in [-0.39, 0.29) is 5.56 Å². The number of carbonyl (C=O) groups excluding carboxylic acids is 1. The number of carbonyl (C=O) groups is 1. The minimum Gasteiger partial charge on any atom is -0.364 e. The Balaban J connectivity index is 2.37. The molecule has 1 heterocycles. The Morgan fingerprint density at radius 2 is 2.27 bits per heavy atom. The van der Waals surface area contributed by atoms with E-state index in [9.17, 15) is 18.0 Å². The van der Waals surface area contributed by atoms with Crippen molar-refractivity contribution >= 4 is 5.78 Å². The molecule has 1 aromatic rings. The first kappa shape index (κ1) is 11.7. The van der Waals surface area contributed by atoms with E-state index in [0.29, 0.717) is 0 Å². The fourth-order valence-electron chi connectivity index (χ4n) is 0.908. The quantitative estimate of drug-likeness (QED) is 0.718. The maximum Gasteiger partial charge on any atom is 0.411 e. The van der Waals surface area contributed by atoms with Crippen LogP contribution in [-0.4, -0.2) is 35.0 Å². The molecule has 0 atom stereocenters. The highest BCUT2D eigenvalue weighted by Crippen LogP contribution is 2.14. The van der Waals surface area contributed by atoms with E-state index in [1.165, 1.54) is 17.1 Å². The minimum absolute atomic E-state index is 0.236. The first-order valence-corrected chi connectivity index (χ1v) is 4.05. The van der Waals surface area contributed by atoms with Gasteiger partial charge in [-0.25, -0.2) is 0 Å². The fraction of sp³-hybridized carbons (Fsp3) is 0.500. The summed E-state index contributed by atoms with van der Waals surface area (Å²) in [6.07, 6.45) is -1.71. The maximum atomic E-state index is 11.7. The number of aromatic nitrogens is 2. The van der Waals surface area contributed by atoms with Gasteiger partial charge in [0.1, 0.15) is 13.2 Å². The molecule has 0 saturated heterocycles. The molecule has 0 saturated carbocycles. The van der Waals surface area contributed by atoms with Gasteiger partial charge in [-0.05, 0) is 0 Å². The number of nitrogens with zero attached hydrogens (tertiary/aromatic N) is 2. The van der Waals surface area contributed by atoms with Crippen LogP contribution in [0, 0.1) is 0 Å². The summed E-state index contributed by atoms with van der Waals surface area (Å²) in [6, 6.07) is 0. The Kier molecular flexibility index (Phi) is 3.46. The molecule has 0 aliphatic rings. The fourth-order valence-corrected chi connectivity index (χ4v) is 0.908. The van der Waals surface area contributed by atoms with E-state index < -0.39 is 25.2 Å². The zero-order valence-corrected chi connectivity index (χ0v) is 7.91. The van der Waals surface area contributed by atoms with Crippen molar-refractivity contribution in [2.75, 3.05) is 13.2 Å². The standard InChI is InChI=1S/C8H9F3N2O2/c1-13-3-6(2-12-13)7(14)4-15-5-8(9,10)11/h2-3H,4-5H2,1H3. The van der Waals surface area contributed by atoms with E-state index in [2.05, 4.69) is 9.84 Å². The Labute approximate surface area is 83.6 Å². The van der Waals surface area contributed by atoms with Crippen LogP contribution in [0.2, 0.25) is 0 Å². The average molecular weight is 222 g/mol. The molecule has 1 rings (SSSR count). The summed E-state index contributed by atoms with van der Waals surface area (Å²) in [6.45, 7) is -2.01. The molecular formula is C8H9F3N2O2. The van der Waals surface area contributed by atoms with Gasteiger partial charge in [0, 0.05) is 13.2 Å². The smallest absolute Gasteiger partial charge is 0.364 e. The Bertz CT molecular complexity index is 346. The lowest BCUT2D eigenvalue weighted by Crippen LogP contribution is -2.20. The summed E-state index contributed by atoms with van der Waals surface area (Å²) < 4.78 is 40.6. The number of aryl methyl sites for hydroxylation is 1. The van der Waals surface area contributed by atoms with E-state index >= 15 is 0 Å². The normalized spacial score (nSPS) is 11.7. The van der Waals surface area contributed by atoms with E-state index in [0.717, 1.165) is 0 Å². The molecule has 0 aliphatic heterocycles. The van der Waals surface area contributed by atoms with Gasteiger partial charge < -0.3 is 4.74 Å². The summed E-state index contributed by atoms with van der Waals surface area (Å²) in [5.74, 6) is -0.521. The first-order valence-electron chi connectivity index (χ1n) is 4.05. The van der Waals surface area contributed by atoms with Crippen LogP contribution in [0.25, 0.3) is 0 Å². The second-order valence-electron chi connectivity index (χ2n) is 2.93. The van der Waals surface area contributed by atoms with Crippen LogP contribution in [0.3, 0.4) is 0 Å². The predicted octanol–water partition coefficient (Wildman–Crippen LogP) is 1.18. The molecule has 7 heteroatoms. The number of halogens is 3. The Morgan fingerprint density at radius 3 is 2.73 bits per heavy atom. The second-order valence-corrected chi connectivity index (χ2v) is 2.93. The molecule has 0 spiro atoms. The van der Waals surface area contributed by atoms with Crippen LogP contribution < -0.4 is 0 Å². The van der Waals surface area contributed by atoms with Gasteiger partial charge in [0.2, 0.25) is 0 Å². The zero-order valence-electron chi connectivity index (χ0n) is 7.91. The third-order valence-corrected chi connectivity index (χ3v) is 1.53. The van der Waals surface area contributed by atoms with Gasteiger partial charge in [-0.3, -0.25) is 9.48 Å². The van der Waals surface area contributed by atoms with Gasteiger partial charge in [0.15, 0.2) is 5.78 Å². The number of Topliss-reactive ketones (excluding diaryl/α,β-unsaturated/α-hetero) is 1. The van der Waals surface area contributed by atoms with Crippen molar-refractivity contribution in [3.8, 4) is 0 Å². The molecule has 0 bridgehead atoms. The molecule has 0 aromatic carbocycles. The molecule has 0 unspecified atom stereocenters. The van der Waals surface area contributed by atoms with Gasteiger partial charge >= 0.3 is 6.18 Å². The molecule has 1 aromatic heterocycles. The SMILES string of the molecule is Cn1cc(C(=O)COCC(F)(F)F)cn1. The molecule has 0 amide bonds. The monoisotopic (exact) mass is 222 g/mol. The van der Waals surface area contributed by atoms with Crippen molar-refractivity contribution in [3.05, 3.63) is 18.0 Å². The Hall–Kier alpha value is -1.37. The van der Waals surface area contributed by atoms with Gasteiger partial charge in [-0.2, -0.15) is 18.3 Å². The lowest BCUT2D eigenvalue weighted by Gasteiger charge is -2.05. The number of hydrogen-bond acceptors (Lipinski definition) is 3. The number of rotatable bonds is 4. The maximum absolute atomic E-state index is 11.7. The van der Waals surface area contributed by atoms with Gasteiger partial charge in [-0.1, -0.05) is 0 Å². The van der Waals surface area contributed by atoms with Gasteiger partial charge in [0.05, 0.1) is 11.8 Å². The third kappa shape index (κ3) is 4.11. The Morgan fingerprint density at radius 1 is 1.60 bits per heavy atom. The number of alkyl halides is 3. The third-order valence-electron chi connectivity index (χ3n) is 1.53. The predicted molar refractivity (Wildman–Crippen MR) is 44.4 cm³/mol. The van der Waals surface area contributed by atoms with Crippen LogP contribution in [0.1, 0.15) is 10.4 Å². The molecule has 0 N–H and O–H groups in total. The molecule has 0 aliphatic carbocycles. The van der Waals surface area contributed by atoms with Crippen molar-refractivity contribution in [2.45, 2.75) is 6.18 Å². The van der Waals surface area contributed by atoms with Crippen molar-refractivity contribution in [1.82, 2.24) is 9.78 Å². The highest BCUT2D eigenvalue weighted by molar-refractivity contribution is 5.96.